The Morgan fingerprint density at radius 2 is 2.47 bits per heavy atom. The summed E-state index contributed by atoms with van der Waals surface area (Å²) < 4.78 is 2.20. The number of thioether (sulfide) groups is 1. The molecule has 3 rings (SSSR count). The number of aromatic nitrogens is 2. The molecule has 1 aromatic rings. The van der Waals surface area contributed by atoms with Crippen molar-refractivity contribution in [2.75, 3.05) is 12.3 Å². The van der Waals surface area contributed by atoms with Crippen LogP contribution in [-0.4, -0.2) is 27.8 Å². The number of carbonyl (C=O) groups is 1. The van der Waals surface area contributed by atoms with Gasteiger partial charge in [-0.15, -0.1) is 0 Å². The van der Waals surface area contributed by atoms with Crippen LogP contribution < -0.4 is 5.32 Å². The maximum absolute atomic E-state index is 12.0. The van der Waals surface area contributed by atoms with Crippen LogP contribution in [0.5, 0.6) is 0 Å². The van der Waals surface area contributed by atoms with Gasteiger partial charge in [-0.1, -0.05) is 23.9 Å². The van der Waals surface area contributed by atoms with Gasteiger partial charge < -0.3 is 9.88 Å². The Morgan fingerprint density at radius 1 is 1.53 bits per heavy atom. The first-order valence-corrected chi connectivity index (χ1v) is 7.93. The summed E-state index contributed by atoms with van der Waals surface area (Å²) in [6.07, 6.45) is 10.1. The van der Waals surface area contributed by atoms with Gasteiger partial charge in [-0.2, -0.15) is 0 Å². The van der Waals surface area contributed by atoms with E-state index in [1.54, 1.807) is 0 Å². The number of fused-ring (bicyclic) bond motifs is 1. The first-order chi connectivity index (χ1) is 9.33. The molecule has 0 saturated carbocycles. The second-order valence-corrected chi connectivity index (χ2v) is 6.14. The number of allylic oxidation sites excluding steroid dienone is 2. The Bertz CT molecular complexity index is 473. The lowest BCUT2D eigenvalue weighted by Gasteiger charge is -2.16. The number of hydrogen-bond acceptors (Lipinski definition) is 3. The van der Waals surface area contributed by atoms with E-state index >= 15 is 0 Å². The zero-order valence-electron chi connectivity index (χ0n) is 11.0. The van der Waals surface area contributed by atoms with E-state index in [9.17, 15) is 4.79 Å². The molecule has 1 atom stereocenters. The van der Waals surface area contributed by atoms with E-state index in [1.165, 1.54) is 0 Å². The fourth-order valence-corrected chi connectivity index (χ4v) is 3.53. The van der Waals surface area contributed by atoms with Crippen LogP contribution in [0, 0.1) is 5.92 Å². The molecule has 1 amide bonds. The Morgan fingerprint density at radius 3 is 3.26 bits per heavy atom. The summed E-state index contributed by atoms with van der Waals surface area (Å²) in [6.45, 7) is 1.76. The highest BCUT2D eigenvalue weighted by Gasteiger charge is 2.18. The van der Waals surface area contributed by atoms with Gasteiger partial charge in [-0.05, 0) is 19.3 Å². The minimum atomic E-state index is 0.174. The van der Waals surface area contributed by atoms with Gasteiger partial charge in [0.05, 0.1) is 5.69 Å². The summed E-state index contributed by atoms with van der Waals surface area (Å²) in [7, 11) is 0. The van der Waals surface area contributed by atoms with Crippen molar-refractivity contribution < 1.29 is 4.79 Å². The molecule has 2 heterocycles. The number of nitrogens with one attached hydrogen (secondary N) is 1. The third kappa shape index (κ3) is 3.03. The summed E-state index contributed by atoms with van der Waals surface area (Å²) in [5.74, 6) is 1.51. The molecule has 2 aliphatic rings. The van der Waals surface area contributed by atoms with Crippen molar-refractivity contribution in [1.82, 2.24) is 14.9 Å². The van der Waals surface area contributed by atoms with Crippen LogP contribution in [0.1, 0.15) is 25.0 Å². The average Bonchev–Trinajstić information content (AvgIpc) is 3.00. The first kappa shape index (κ1) is 12.8. The van der Waals surface area contributed by atoms with Gasteiger partial charge in [0.25, 0.3) is 0 Å². The van der Waals surface area contributed by atoms with Crippen LogP contribution in [0.25, 0.3) is 0 Å². The van der Waals surface area contributed by atoms with Crippen LogP contribution >= 0.6 is 11.8 Å². The van der Waals surface area contributed by atoms with Gasteiger partial charge in [0.1, 0.15) is 0 Å². The molecule has 0 spiro atoms. The summed E-state index contributed by atoms with van der Waals surface area (Å²) in [5.41, 5.74) is 1.09. The molecule has 1 aliphatic heterocycles. The first-order valence-electron chi connectivity index (χ1n) is 6.94. The highest BCUT2D eigenvalue weighted by Crippen LogP contribution is 2.24. The van der Waals surface area contributed by atoms with E-state index in [2.05, 4.69) is 33.2 Å². The van der Waals surface area contributed by atoms with E-state index in [4.69, 9.17) is 0 Å². The minimum Gasteiger partial charge on any atom is -0.355 e. The maximum Gasteiger partial charge on any atom is 0.223 e. The predicted molar refractivity (Wildman–Crippen MR) is 76.1 cm³/mol. The summed E-state index contributed by atoms with van der Waals surface area (Å²) in [5, 5.41) is 4.16. The lowest BCUT2D eigenvalue weighted by Crippen LogP contribution is -2.32. The molecule has 19 heavy (non-hydrogen) atoms. The molecule has 1 aromatic heterocycles. The van der Waals surface area contributed by atoms with Gasteiger partial charge in [-0.25, -0.2) is 4.98 Å². The monoisotopic (exact) mass is 277 g/mol. The number of aryl methyl sites for hydroxylation is 1. The second kappa shape index (κ2) is 5.82. The van der Waals surface area contributed by atoms with Crippen molar-refractivity contribution in [2.24, 2.45) is 5.92 Å². The van der Waals surface area contributed by atoms with Gasteiger partial charge >= 0.3 is 0 Å². The van der Waals surface area contributed by atoms with E-state index in [0.717, 1.165) is 48.8 Å². The topological polar surface area (TPSA) is 46.9 Å². The highest BCUT2D eigenvalue weighted by molar-refractivity contribution is 7.99. The van der Waals surface area contributed by atoms with E-state index < -0.39 is 0 Å². The number of imidazole rings is 1. The Balaban J connectivity index is 1.44. The number of amides is 1. The third-order valence-corrected chi connectivity index (χ3v) is 4.64. The number of carbonyl (C=O) groups excluding carboxylic acids is 1. The largest absolute Gasteiger partial charge is 0.355 e. The van der Waals surface area contributed by atoms with E-state index in [-0.39, 0.29) is 11.8 Å². The number of hydrogen-bond donors (Lipinski definition) is 1. The van der Waals surface area contributed by atoms with E-state index in [0.29, 0.717) is 6.54 Å². The molecule has 1 N–H and O–H groups in total. The van der Waals surface area contributed by atoms with Crippen LogP contribution in [0.2, 0.25) is 0 Å². The van der Waals surface area contributed by atoms with Crippen LogP contribution in [0.4, 0.5) is 0 Å². The van der Waals surface area contributed by atoms with Crippen molar-refractivity contribution in [3.8, 4) is 0 Å². The molecule has 4 nitrogen and oxygen atoms in total. The van der Waals surface area contributed by atoms with Gasteiger partial charge in [-0.3, -0.25) is 4.79 Å². The van der Waals surface area contributed by atoms with Crippen LogP contribution in [-0.2, 0) is 17.8 Å². The molecule has 102 valence electrons. The molecule has 5 heteroatoms. The third-order valence-electron chi connectivity index (χ3n) is 3.67. The zero-order valence-corrected chi connectivity index (χ0v) is 11.8. The quantitative estimate of drug-likeness (QED) is 0.856. The summed E-state index contributed by atoms with van der Waals surface area (Å²) in [6, 6.07) is 0. The predicted octanol–water partition coefficient (Wildman–Crippen LogP) is 2.00. The Labute approximate surface area is 117 Å². The van der Waals surface area contributed by atoms with Crippen molar-refractivity contribution in [3.63, 3.8) is 0 Å². The molecule has 1 unspecified atom stereocenters. The summed E-state index contributed by atoms with van der Waals surface area (Å²) >= 11 is 1.81. The standard InChI is InChI=1S/C14H19N3OS/c18-13(11-4-2-1-3-5-11)15-7-6-12-10-17-8-9-19-14(17)16-12/h1-2,10-11H,3-9H2,(H,15,18). The van der Waals surface area contributed by atoms with Crippen molar-refractivity contribution >= 4 is 17.7 Å². The molecule has 0 radical (unpaired) electrons. The normalized spacial score (nSPS) is 21.4. The molecule has 0 bridgehead atoms. The van der Waals surface area contributed by atoms with Crippen molar-refractivity contribution in [1.29, 1.82) is 0 Å². The van der Waals surface area contributed by atoms with Gasteiger partial charge in [0.2, 0.25) is 5.91 Å². The smallest absolute Gasteiger partial charge is 0.223 e. The van der Waals surface area contributed by atoms with Crippen molar-refractivity contribution in [3.05, 3.63) is 24.0 Å². The second-order valence-electron chi connectivity index (χ2n) is 5.08. The molecular weight excluding hydrogens is 258 g/mol. The number of nitrogens with zero attached hydrogens (tertiary/aromatic N) is 2. The fourth-order valence-electron chi connectivity index (χ4n) is 2.57. The highest BCUT2D eigenvalue weighted by atomic mass is 32.2. The zero-order chi connectivity index (χ0) is 13.1. The van der Waals surface area contributed by atoms with Gasteiger partial charge in [0, 0.05) is 37.4 Å². The molecule has 0 aromatic carbocycles. The Kier molecular flexibility index (Phi) is 3.92. The van der Waals surface area contributed by atoms with Crippen LogP contribution in [0.15, 0.2) is 23.5 Å². The lowest BCUT2D eigenvalue weighted by atomic mass is 9.94. The fraction of sp³-hybridized carbons (Fsp3) is 0.571. The lowest BCUT2D eigenvalue weighted by molar-refractivity contribution is -0.125. The maximum atomic E-state index is 12.0. The average molecular weight is 277 g/mol. The number of rotatable bonds is 4. The SMILES string of the molecule is O=C(NCCc1cn2c(n1)SCC2)C1CC=CCC1. The molecule has 0 fully saturated rings. The van der Waals surface area contributed by atoms with Crippen molar-refractivity contribution in [2.45, 2.75) is 37.4 Å². The van der Waals surface area contributed by atoms with Crippen LogP contribution in [0.3, 0.4) is 0 Å². The van der Waals surface area contributed by atoms with E-state index in [1.807, 2.05) is 11.8 Å². The van der Waals surface area contributed by atoms with Gasteiger partial charge in [0.15, 0.2) is 5.16 Å². The summed E-state index contributed by atoms with van der Waals surface area (Å²) in [4.78, 5) is 16.5. The molecule has 1 aliphatic carbocycles. The molecular formula is C14H19N3OS. The Hall–Kier alpha value is -1.23. The molecule has 0 saturated heterocycles. The minimum absolute atomic E-state index is 0.174.